The third kappa shape index (κ3) is 5.10. The van der Waals surface area contributed by atoms with Gasteiger partial charge >= 0.3 is 6.03 Å². The molecule has 0 spiro atoms. The first kappa shape index (κ1) is 22.0. The van der Waals surface area contributed by atoms with Gasteiger partial charge < -0.3 is 20.1 Å². The first-order valence-electron chi connectivity index (χ1n) is 10.1. The molecule has 1 aliphatic heterocycles. The lowest BCUT2D eigenvalue weighted by atomic mass is 10.2. The predicted molar refractivity (Wildman–Crippen MR) is 116 cm³/mol. The predicted octanol–water partition coefficient (Wildman–Crippen LogP) is 0.510. The van der Waals surface area contributed by atoms with Crippen molar-refractivity contribution in [3.63, 3.8) is 0 Å². The van der Waals surface area contributed by atoms with Crippen molar-refractivity contribution in [1.29, 1.82) is 5.26 Å². The summed E-state index contributed by atoms with van der Waals surface area (Å²) >= 11 is 0. The van der Waals surface area contributed by atoms with E-state index in [1.165, 1.54) is 7.05 Å². The van der Waals surface area contributed by atoms with E-state index in [1.54, 1.807) is 18.3 Å². The van der Waals surface area contributed by atoms with Crippen molar-refractivity contribution in [3.8, 4) is 6.07 Å². The second kappa shape index (κ2) is 9.90. The average molecular weight is 425 g/mol. The van der Waals surface area contributed by atoms with Crippen molar-refractivity contribution in [2.45, 2.75) is 13.5 Å². The summed E-state index contributed by atoms with van der Waals surface area (Å²) < 4.78 is 1.87. The molecule has 31 heavy (non-hydrogen) atoms. The number of aromatic nitrogens is 3. The van der Waals surface area contributed by atoms with Crippen LogP contribution in [-0.4, -0.2) is 71.1 Å². The molecular formula is C20H27N9O2. The lowest BCUT2D eigenvalue weighted by Gasteiger charge is -2.36. The Kier molecular flexibility index (Phi) is 7.04. The average Bonchev–Trinajstić information content (AvgIpc) is 3.12. The molecule has 1 aliphatic rings. The summed E-state index contributed by atoms with van der Waals surface area (Å²) in [4.78, 5) is 36.4. The minimum absolute atomic E-state index is 0.231. The molecule has 3 amide bonds. The number of nitriles is 1. The number of nitrogens with zero attached hydrogens (tertiary/aromatic N) is 6. The van der Waals surface area contributed by atoms with Gasteiger partial charge in [-0.05, 0) is 19.1 Å². The van der Waals surface area contributed by atoms with Gasteiger partial charge in [0.15, 0.2) is 5.69 Å². The van der Waals surface area contributed by atoms with Crippen LogP contribution < -0.4 is 20.9 Å². The molecule has 0 radical (unpaired) electrons. The molecule has 1 saturated heterocycles. The SMILES string of the molecule is CCNC(=O)Nc1ncc(CN2CCN(c3ccc(C(=O)NC)nc3C#N)CC2)n1C. The Hall–Kier alpha value is -3.65. The van der Waals surface area contributed by atoms with Gasteiger partial charge in [0, 0.05) is 53.4 Å². The number of imidazole rings is 1. The summed E-state index contributed by atoms with van der Waals surface area (Å²) in [7, 11) is 3.41. The van der Waals surface area contributed by atoms with Gasteiger partial charge in [0.1, 0.15) is 11.8 Å². The quantitative estimate of drug-likeness (QED) is 0.614. The lowest BCUT2D eigenvalue weighted by Crippen LogP contribution is -2.46. The zero-order valence-corrected chi connectivity index (χ0v) is 18.0. The molecule has 2 aromatic heterocycles. The highest BCUT2D eigenvalue weighted by molar-refractivity contribution is 5.92. The number of urea groups is 1. The summed E-state index contributed by atoms with van der Waals surface area (Å²) in [6, 6.07) is 5.25. The van der Waals surface area contributed by atoms with Crippen molar-refractivity contribution in [2.24, 2.45) is 7.05 Å². The standard InChI is InChI=1S/C20H27N9O2/c1-4-23-20(31)26-19-24-12-14(27(19)3)13-28-7-9-29(10-8-28)17-6-5-15(18(30)22-2)25-16(17)11-21/h5-6,12H,4,7-10,13H2,1-3H3,(H,22,30)(H2,23,24,26,31). The molecule has 0 saturated carbocycles. The Morgan fingerprint density at radius 2 is 1.97 bits per heavy atom. The van der Waals surface area contributed by atoms with Crippen LogP contribution in [0.25, 0.3) is 0 Å². The van der Waals surface area contributed by atoms with Crippen LogP contribution >= 0.6 is 0 Å². The normalized spacial score (nSPS) is 14.1. The third-order valence-corrected chi connectivity index (χ3v) is 5.19. The summed E-state index contributed by atoms with van der Waals surface area (Å²) in [5, 5.41) is 17.4. The number of hydrogen-bond acceptors (Lipinski definition) is 7. The smallest absolute Gasteiger partial charge is 0.321 e. The van der Waals surface area contributed by atoms with E-state index in [4.69, 9.17) is 0 Å². The zero-order chi connectivity index (χ0) is 22.4. The van der Waals surface area contributed by atoms with E-state index in [0.29, 0.717) is 19.0 Å². The second-order valence-electron chi connectivity index (χ2n) is 7.13. The van der Waals surface area contributed by atoms with Crippen LogP contribution in [0.15, 0.2) is 18.3 Å². The Morgan fingerprint density at radius 1 is 1.23 bits per heavy atom. The summed E-state index contributed by atoms with van der Waals surface area (Å²) in [6.45, 7) is 6.17. The molecule has 3 heterocycles. The van der Waals surface area contributed by atoms with E-state index in [2.05, 4.69) is 41.8 Å². The van der Waals surface area contributed by atoms with Crippen LogP contribution in [-0.2, 0) is 13.6 Å². The molecule has 3 rings (SSSR count). The molecule has 11 heteroatoms. The van der Waals surface area contributed by atoms with Gasteiger partial charge in [0.2, 0.25) is 5.95 Å². The molecular weight excluding hydrogens is 398 g/mol. The molecule has 2 aromatic rings. The minimum Gasteiger partial charge on any atom is -0.367 e. The monoisotopic (exact) mass is 425 g/mol. The Bertz CT molecular complexity index is 987. The maximum Gasteiger partial charge on any atom is 0.321 e. The fraction of sp³-hybridized carbons (Fsp3) is 0.450. The number of carbonyl (C=O) groups is 2. The highest BCUT2D eigenvalue weighted by Crippen LogP contribution is 2.21. The number of piperazine rings is 1. The molecule has 11 nitrogen and oxygen atoms in total. The number of carbonyl (C=O) groups excluding carboxylic acids is 2. The highest BCUT2D eigenvalue weighted by Gasteiger charge is 2.22. The first-order chi connectivity index (χ1) is 15.0. The first-order valence-corrected chi connectivity index (χ1v) is 10.1. The molecule has 0 bridgehead atoms. The summed E-state index contributed by atoms with van der Waals surface area (Å²) in [6.07, 6.45) is 1.77. The highest BCUT2D eigenvalue weighted by atomic mass is 16.2. The van der Waals surface area contributed by atoms with Gasteiger partial charge in [0.05, 0.1) is 17.6 Å². The Balaban J connectivity index is 1.61. The Labute approximate surface area is 181 Å². The maximum absolute atomic E-state index is 11.8. The fourth-order valence-electron chi connectivity index (χ4n) is 3.43. The van der Waals surface area contributed by atoms with Crippen LogP contribution in [0.2, 0.25) is 0 Å². The van der Waals surface area contributed by atoms with Gasteiger partial charge in [-0.3, -0.25) is 15.0 Å². The number of anilines is 2. The van der Waals surface area contributed by atoms with Crippen LogP contribution in [0.3, 0.4) is 0 Å². The largest absolute Gasteiger partial charge is 0.367 e. The topological polar surface area (TPSA) is 131 Å². The summed E-state index contributed by atoms with van der Waals surface area (Å²) in [5.41, 5.74) is 2.22. The number of hydrogen-bond donors (Lipinski definition) is 3. The number of amides is 3. The van der Waals surface area contributed by atoms with Crippen molar-refractivity contribution in [3.05, 3.63) is 35.4 Å². The van der Waals surface area contributed by atoms with E-state index in [0.717, 1.165) is 37.6 Å². The van der Waals surface area contributed by atoms with E-state index in [-0.39, 0.29) is 23.3 Å². The van der Waals surface area contributed by atoms with E-state index >= 15 is 0 Å². The molecule has 0 aliphatic carbocycles. The van der Waals surface area contributed by atoms with Gasteiger partial charge in [-0.1, -0.05) is 0 Å². The second-order valence-corrected chi connectivity index (χ2v) is 7.13. The van der Waals surface area contributed by atoms with Crippen molar-refractivity contribution < 1.29 is 9.59 Å². The molecule has 0 atom stereocenters. The minimum atomic E-state index is -0.315. The molecule has 0 unspecified atom stereocenters. The number of pyridine rings is 1. The van der Waals surface area contributed by atoms with Gasteiger partial charge in [-0.15, -0.1) is 0 Å². The van der Waals surface area contributed by atoms with E-state index in [9.17, 15) is 14.9 Å². The van der Waals surface area contributed by atoms with Crippen molar-refractivity contribution >= 4 is 23.6 Å². The fourth-order valence-corrected chi connectivity index (χ4v) is 3.43. The third-order valence-electron chi connectivity index (χ3n) is 5.19. The van der Waals surface area contributed by atoms with E-state index < -0.39 is 0 Å². The van der Waals surface area contributed by atoms with Gasteiger partial charge in [-0.25, -0.2) is 14.8 Å². The lowest BCUT2D eigenvalue weighted by molar-refractivity contribution is 0.0958. The van der Waals surface area contributed by atoms with Crippen LogP contribution in [0.5, 0.6) is 0 Å². The number of rotatable bonds is 6. The van der Waals surface area contributed by atoms with E-state index in [1.807, 2.05) is 18.5 Å². The van der Waals surface area contributed by atoms with Gasteiger partial charge in [0.25, 0.3) is 5.91 Å². The maximum atomic E-state index is 11.8. The Morgan fingerprint density at radius 3 is 2.61 bits per heavy atom. The van der Waals surface area contributed by atoms with Crippen molar-refractivity contribution in [2.75, 3.05) is 50.0 Å². The number of nitrogens with one attached hydrogen (secondary N) is 3. The molecule has 3 N–H and O–H groups in total. The molecule has 0 aromatic carbocycles. The van der Waals surface area contributed by atoms with Crippen LogP contribution in [0, 0.1) is 11.3 Å². The van der Waals surface area contributed by atoms with Gasteiger partial charge in [-0.2, -0.15) is 5.26 Å². The van der Waals surface area contributed by atoms with Crippen molar-refractivity contribution in [1.82, 2.24) is 30.1 Å². The summed E-state index contributed by atoms with van der Waals surface area (Å²) in [5.74, 6) is 0.186. The molecule has 164 valence electrons. The molecule has 1 fully saturated rings. The van der Waals surface area contributed by atoms with Crippen LogP contribution in [0.4, 0.5) is 16.4 Å². The zero-order valence-electron chi connectivity index (χ0n) is 18.0. The van der Waals surface area contributed by atoms with Crippen LogP contribution in [0.1, 0.15) is 28.8 Å².